The molecule has 3 nitrogen and oxygen atoms in total. The Kier molecular flexibility index (Phi) is 2.25. The maximum absolute atomic E-state index is 5.91. The molecule has 2 aliphatic rings. The third kappa shape index (κ3) is 1.22. The standard InChI is InChI=1S/C11H19N3/c1-3-7-14-10(12)13-8-11(14,4-2)9-5-6-9/h3,9H,1,4-8H2,2H3,(H2,12,13). The number of guanidine groups is 1. The van der Waals surface area contributed by atoms with Crippen molar-refractivity contribution in [3.63, 3.8) is 0 Å². The zero-order valence-corrected chi connectivity index (χ0v) is 8.87. The lowest BCUT2D eigenvalue weighted by molar-refractivity contribution is 0.177. The molecule has 0 aromatic carbocycles. The van der Waals surface area contributed by atoms with Crippen LogP contribution in [0, 0.1) is 5.92 Å². The van der Waals surface area contributed by atoms with Crippen LogP contribution in [0.25, 0.3) is 0 Å². The molecular formula is C11H19N3. The molecule has 78 valence electrons. The van der Waals surface area contributed by atoms with Crippen LogP contribution < -0.4 is 5.73 Å². The van der Waals surface area contributed by atoms with Gasteiger partial charge in [-0.2, -0.15) is 0 Å². The first kappa shape index (κ1) is 9.56. The zero-order chi connectivity index (χ0) is 10.2. The molecule has 0 amide bonds. The Labute approximate surface area is 85.7 Å². The Hall–Kier alpha value is -0.990. The van der Waals surface area contributed by atoms with Crippen molar-refractivity contribution >= 4 is 5.96 Å². The Bertz CT molecular complexity index is 268. The average Bonchev–Trinajstić information content (AvgIpc) is 2.98. The first-order chi connectivity index (χ1) is 6.74. The lowest BCUT2D eigenvalue weighted by Gasteiger charge is -2.38. The van der Waals surface area contributed by atoms with Gasteiger partial charge in [-0.1, -0.05) is 13.0 Å². The molecule has 1 saturated carbocycles. The fourth-order valence-corrected chi connectivity index (χ4v) is 2.58. The third-order valence-corrected chi connectivity index (χ3v) is 3.59. The predicted molar refractivity (Wildman–Crippen MR) is 59.1 cm³/mol. The third-order valence-electron chi connectivity index (χ3n) is 3.59. The summed E-state index contributed by atoms with van der Waals surface area (Å²) in [6.07, 6.45) is 5.73. The van der Waals surface area contributed by atoms with Gasteiger partial charge >= 0.3 is 0 Å². The molecule has 1 unspecified atom stereocenters. The lowest BCUT2D eigenvalue weighted by Crippen LogP contribution is -2.52. The molecule has 2 rings (SSSR count). The summed E-state index contributed by atoms with van der Waals surface area (Å²) >= 11 is 0. The molecule has 1 fully saturated rings. The molecule has 0 aromatic heterocycles. The average molecular weight is 193 g/mol. The Morgan fingerprint density at radius 1 is 1.71 bits per heavy atom. The van der Waals surface area contributed by atoms with E-state index < -0.39 is 0 Å². The molecule has 0 spiro atoms. The highest BCUT2D eigenvalue weighted by Gasteiger charge is 2.50. The minimum atomic E-state index is 0.221. The van der Waals surface area contributed by atoms with Crippen LogP contribution in [0.4, 0.5) is 0 Å². The van der Waals surface area contributed by atoms with E-state index in [0.717, 1.165) is 25.4 Å². The smallest absolute Gasteiger partial charge is 0.192 e. The van der Waals surface area contributed by atoms with Crippen LogP contribution in [0.1, 0.15) is 26.2 Å². The maximum atomic E-state index is 5.91. The number of nitrogens with two attached hydrogens (primary N) is 1. The van der Waals surface area contributed by atoms with Gasteiger partial charge in [0.05, 0.1) is 12.1 Å². The van der Waals surface area contributed by atoms with Gasteiger partial charge < -0.3 is 10.6 Å². The second kappa shape index (κ2) is 3.30. The van der Waals surface area contributed by atoms with Gasteiger partial charge in [0.15, 0.2) is 5.96 Å². The van der Waals surface area contributed by atoms with E-state index >= 15 is 0 Å². The topological polar surface area (TPSA) is 41.6 Å². The van der Waals surface area contributed by atoms with Crippen LogP contribution >= 0.6 is 0 Å². The SMILES string of the molecule is C=CCN1C(N)=NCC1(CC)C1CC1. The summed E-state index contributed by atoms with van der Waals surface area (Å²) in [5.41, 5.74) is 6.13. The van der Waals surface area contributed by atoms with Gasteiger partial charge in [-0.15, -0.1) is 6.58 Å². The molecule has 0 radical (unpaired) electrons. The minimum Gasteiger partial charge on any atom is -0.370 e. The van der Waals surface area contributed by atoms with Crippen molar-refractivity contribution in [2.45, 2.75) is 31.7 Å². The van der Waals surface area contributed by atoms with Crippen LogP contribution in [0.5, 0.6) is 0 Å². The van der Waals surface area contributed by atoms with E-state index in [-0.39, 0.29) is 5.54 Å². The molecule has 2 N–H and O–H groups in total. The van der Waals surface area contributed by atoms with Crippen molar-refractivity contribution < 1.29 is 0 Å². The molecule has 1 aliphatic heterocycles. The number of nitrogens with zero attached hydrogens (tertiary/aromatic N) is 2. The van der Waals surface area contributed by atoms with Crippen molar-refractivity contribution in [1.82, 2.24) is 4.90 Å². The number of hydrogen-bond donors (Lipinski definition) is 1. The predicted octanol–water partition coefficient (Wildman–Crippen LogP) is 1.36. The van der Waals surface area contributed by atoms with Gasteiger partial charge in [-0.05, 0) is 25.2 Å². The first-order valence-corrected chi connectivity index (χ1v) is 5.43. The van der Waals surface area contributed by atoms with E-state index in [0.29, 0.717) is 5.96 Å². The Balaban J connectivity index is 2.20. The van der Waals surface area contributed by atoms with E-state index in [1.165, 1.54) is 12.8 Å². The summed E-state index contributed by atoms with van der Waals surface area (Å²) in [6, 6.07) is 0. The molecule has 1 aliphatic carbocycles. The highest BCUT2D eigenvalue weighted by molar-refractivity contribution is 5.81. The molecule has 0 saturated heterocycles. The van der Waals surface area contributed by atoms with Crippen LogP contribution in [0.15, 0.2) is 17.6 Å². The van der Waals surface area contributed by atoms with Crippen LogP contribution in [-0.4, -0.2) is 29.5 Å². The van der Waals surface area contributed by atoms with Gasteiger partial charge in [0.25, 0.3) is 0 Å². The molecule has 3 heteroatoms. The highest BCUT2D eigenvalue weighted by atomic mass is 15.4. The summed E-state index contributed by atoms with van der Waals surface area (Å²) in [5.74, 6) is 1.51. The van der Waals surface area contributed by atoms with Gasteiger partial charge in [-0.25, -0.2) is 0 Å². The zero-order valence-electron chi connectivity index (χ0n) is 8.87. The second-order valence-electron chi connectivity index (χ2n) is 4.31. The van der Waals surface area contributed by atoms with E-state index in [1.807, 2.05) is 6.08 Å². The summed E-state index contributed by atoms with van der Waals surface area (Å²) < 4.78 is 0. The van der Waals surface area contributed by atoms with Gasteiger partial charge in [0.2, 0.25) is 0 Å². The monoisotopic (exact) mass is 193 g/mol. The van der Waals surface area contributed by atoms with Crippen LogP contribution in [0.2, 0.25) is 0 Å². The van der Waals surface area contributed by atoms with Crippen LogP contribution in [-0.2, 0) is 0 Å². The molecule has 0 bridgehead atoms. The van der Waals surface area contributed by atoms with E-state index in [2.05, 4.69) is 23.4 Å². The van der Waals surface area contributed by atoms with Crippen LogP contribution in [0.3, 0.4) is 0 Å². The normalized spacial score (nSPS) is 31.8. The van der Waals surface area contributed by atoms with E-state index in [9.17, 15) is 0 Å². The fraction of sp³-hybridized carbons (Fsp3) is 0.727. The largest absolute Gasteiger partial charge is 0.370 e. The molecule has 14 heavy (non-hydrogen) atoms. The van der Waals surface area contributed by atoms with Crippen molar-refractivity contribution in [3.8, 4) is 0 Å². The summed E-state index contributed by atoms with van der Waals surface area (Å²) in [7, 11) is 0. The van der Waals surface area contributed by atoms with Gasteiger partial charge in [0, 0.05) is 6.54 Å². The Morgan fingerprint density at radius 2 is 2.43 bits per heavy atom. The fourth-order valence-electron chi connectivity index (χ4n) is 2.58. The van der Waals surface area contributed by atoms with Crippen molar-refractivity contribution in [2.24, 2.45) is 16.6 Å². The number of aliphatic imine (C=N–C) groups is 1. The maximum Gasteiger partial charge on any atom is 0.192 e. The minimum absolute atomic E-state index is 0.221. The van der Waals surface area contributed by atoms with Crippen molar-refractivity contribution in [3.05, 3.63) is 12.7 Å². The summed E-state index contributed by atoms with van der Waals surface area (Å²) in [4.78, 5) is 6.64. The van der Waals surface area contributed by atoms with E-state index in [4.69, 9.17) is 5.73 Å². The number of rotatable bonds is 4. The lowest BCUT2D eigenvalue weighted by atomic mass is 9.89. The van der Waals surface area contributed by atoms with Gasteiger partial charge in [0.1, 0.15) is 0 Å². The summed E-state index contributed by atoms with van der Waals surface area (Å²) in [6.45, 7) is 7.74. The van der Waals surface area contributed by atoms with Gasteiger partial charge in [-0.3, -0.25) is 4.99 Å². The highest BCUT2D eigenvalue weighted by Crippen LogP contribution is 2.47. The molecule has 1 heterocycles. The molecule has 0 aromatic rings. The Morgan fingerprint density at radius 3 is 2.93 bits per heavy atom. The first-order valence-electron chi connectivity index (χ1n) is 5.43. The summed E-state index contributed by atoms with van der Waals surface area (Å²) in [5, 5.41) is 0. The van der Waals surface area contributed by atoms with Crippen molar-refractivity contribution in [2.75, 3.05) is 13.1 Å². The number of hydrogen-bond acceptors (Lipinski definition) is 3. The van der Waals surface area contributed by atoms with Crippen molar-refractivity contribution in [1.29, 1.82) is 0 Å². The molecular weight excluding hydrogens is 174 g/mol. The quantitative estimate of drug-likeness (QED) is 0.685. The van der Waals surface area contributed by atoms with E-state index in [1.54, 1.807) is 0 Å². The molecule has 1 atom stereocenters. The second-order valence-corrected chi connectivity index (χ2v) is 4.31.